The fourth-order valence-corrected chi connectivity index (χ4v) is 3.60. The minimum Gasteiger partial charge on any atom is -0.307 e. The third-order valence-electron chi connectivity index (χ3n) is 2.99. The van der Waals surface area contributed by atoms with E-state index in [4.69, 9.17) is 0 Å². The van der Waals surface area contributed by atoms with Crippen molar-refractivity contribution in [3.8, 4) is 0 Å². The minimum atomic E-state index is -0.0253. The molecule has 2 heterocycles. The van der Waals surface area contributed by atoms with Crippen molar-refractivity contribution in [2.75, 3.05) is 7.05 Å². The van der Waals surface area contributed by atoms with Gasteiger partial charge in [0.05, 0.1) is 33.0 Å². The zero-order valence-corrected chi connectivity index (χ0v) is 14.1. The SMILES string of the molecule is CNC(c1snnc1C(C)(C)C)c1c(Br)cnn1C. The van der Waals surface area contributed by atoms with Gasteiger partial charge in [0.15, 0.2) is 0 Å². The zero-order chi connectivity index (χ0) is 14.2. The summed E-state index contributed by atoms with van der Waals surface area (Å²) in [5, 5.41) is 11.9. The average Bonchev–Trinajstić information content (AvgIpc) is 2.91. The van der Waals surface area contributed by atoms with E-state index in [1.807, 2.05) is 25.0 Å². The molecule has 19 heavy (non-hydrogen) atoms. The lowest BCUT2D eigenvalue weighted by Crippen LogP contribution is -2.24. The third kappa shape index (κ3) is 2.73. The van der Waals surface area contributed by atoms with E-state index in [1.54, 1.807) is 0 Å². The standard InChI is InChI=1S/C12H18BrN5S/c1-12(2,3)11-10(19-17-16-11)8(14-4)9-7(13)6-15-18(9)5/h6,8,14H,1-5H3. The van der Waals surface area contributed by atoms with Crippen molar-refractivity contribution in [1.82, 2.24) is 24.7 Å². The molecule has 2 aromatic rings. The van der Waals surface area contributed by atoms with E-state index >= 15 is 0 Å². The summed E-state index contributed by atoms with van der Waals surface area (Å²) in [6, 6.07) is 0.0381. The van der Waals surface area contributed by atoms with E-state index in [0.717, 1.165) is 20.7 Å². The molecule has 0 saturated heterocycles. The molecular formula is C12H18BrN5S. The Morgan fingerprint density at radius 1 is 1.42 bits per heavy atom. The summed E-state index contributed by atoms with van der Waals surface area (Å²) < 4.78 is 6.99. The first-order valence-corrected chi connectivity index (χ1v) is 7.60. The van der Waals surface area contributed by atoms with Crippen LogP contribution in [-0.2, 0) is 12.5 Å². The summed E-state index contributed by atoms with van der Waals surface area (Å²) >= 11 is 5.00. The normalized spacial score (nSPS) is 13.8. The molecule has 0 aliphatic carbocycles. The fourth-order valence-electron chi connectivity index (χ4n) is 2.04. The molecule has 0 radical (unpaired) electrons. The Hall–Kier alpha value is -0.790. The van der Waals surface area contributed by atoms with Gasteiger partial charge in [0.2, 0.25) is 0 Å². The van der Waals surface area contributed by atoms with Crippen molar-refractivity contribution in [1.29, 1.82) is 0 Å². The van der Waals surface area contributed by atoms with Crippen LogP contribution < -0.4 is 5.32 Å². The van der Waals surface area contributed by atoms with Gasteiger partial charge in [-0.05, 0) is 34.5 Å². The molecule has 7 heteroatoms. The molecule has 0 saturated carbocycles. The van der Waals surface area contributed by atoms with Gasteiger partial charge in [-0.25, -0.2) is 0 Å². The molecule has 1 unspecified atom stereocenters. The Balaban J connectivity index is 2.53. The largest absolute Gasteiger partial charge is 0.307 e. The van der Waals surface area contributed by atoms with Crippen LogP contribution in [0.5, 0.6) is 0 Å². The second kappa shape index (κ2) is 5.30. The first-order chi connectivity index (χ1) is 8.86. The Morgan fingerprint density at radius 3 is 2.58 bits per heavy atom. The van der Waals surface area contributed by atoms with E-state index in [2.05, 4.69) is 56.7 Å². The second-order valence-corrected chi connectivity index (χ2v) is 7.10. The predicted molar refractivity (Wildman–Crippen MR) is 80.4 cm³/mol. The maximum Gasteiger partial charge on any atom is 0.0886 e. The van der Waals surface area contributed by atoms with Crippen LogP contribution in [0, 0.1) is 0 Å². The van der Waals surface area contributed by atoms with Gasteiger partial charge in [-0.2, -0.15) is 5.10 Å². The molecule has 2 aromatic heterocycles. The van der Waals surface area contributed by atoms with Gasteiger partial charge in [-0.3, -0.25) is 4.68 Å². The highest BCUT2D eigenvalue weighted by molar-refractivity contribution is 9.10. The number of nitrogens with zero attached hydrogens (tertiary/aromatic N) is 4. The fraction of sp³-hybridized carbons (Fsp3) is 0.583. The van der Waals surface area contributed by atoms with Crippen molar-refractivity contribution in [3.63, 3.8) is 0 Å². The summed E-state index contributed by atoms with van der Waals surface area (Å²) in [6.45, 7) is 6.45. The van der Waals surface area contributed by atoms with Crippen molar-refractivity contribution in [2.24, 2.45) is 7.05 Å². The topological polar surface area (TPSA) is 55.6 Å². The van der Waals surface area contributed by atoms with Crippen LogP contribution in [0.1, 0.15) is 43.1 Å². The van der Waals surface area contributed by atoms with Gasteiger partial charge in [0.25, 0.3) is 0 Å². The average molecular weight is 344 g/mol. The quantitative estimate of drug-likeness (QED) is 0.930. The minimum absolute atomic E-state index is 0.0253. The summed E-state index contributed by atoms with van der Waals surface area (Å²) in [4.78, 5) is 1.14. The number of aryl methyl sites for hydroxylation is 1. The van der Waals surface area contributed by atoms with Gasteiger partial charge in [-0.15, -0.1) is 5.10 Å². The van der Waals surface area contributed by atoms with Crippen LogP contribution in [0.2, 0.25) is 0 Å². The van der Waals surface area contributed by atoms with Crippen LogP contribution in [0.4, 0.5) is 0 Å². The molecule has 1 atom stereocenters. The molecule has 5 nitrogen and oxygen atoms in total. The second-order valence-electron chi connectivity index (χ2n) is 5.46. The monoisotopic (exact) mass is 343 g/mol. The molecule has 1 N–H and O–H groups in total. The molecule has 2 rings (SSSR count). The van der Waals surface area contributed by atoms with Crippen molar-refractivity contribution >= 4 is 27.5 Å². The summed E-state index contributed by atoms with van der Waals surface area (Å²) in [5.74, 6) is 0. The molecule has 0 fully saturated rings. The van der Waals surface area contributed by atoms with Crippen LogP contribution in [0.15, 0.2) is 10.7 Å². The van der Waals surface area contributed by atoms with E-state index in [9.17, 15) is 0 Å². The number of halogens is 1. The highest BCUT2D eigenvalue weighted by Gasteiger charge is 2.29. The summed E-state index contributed by atoms with van der Waals surface area (Å²) in [7, 11) is 3.88. The maximum absolute atomic E-state index is 4.31. The smallest absolute Gasteiger partial charge is 0.0886 e. The van der Waals surface area contributed by atoms with Gasteiger partial charge < -0.3 is 5.32 Å². The Labute approximate surface area is 125 Å². The number of rotatable bonds is 3. The van der Waals surface area contributed by atoms with Gasteiger partial charge >= 0.3 is 0 Å². The number of nitrogens with one attached hydrogen (secondary N) is 1. The molecule has 0 aliphatic heterocycles. The third-order valence-corrected chi connectivity index (χ3v) is 4.39. The molecule has 104 valence electrons. The lowest BCUT2D eigenvalue weighted by atomic mass is 9.89. The lowest BCUT2D eigenvalue weighted by molar-refractivity contribution is 0.539. The summed E-state index contributed by atoms with van der Waals surface area (Å²) in [6.07, 6.45) is 1.81. The van der Waals surface area contributed by atoms with Gasteiger partial charge in [-0.1, -0.05) is 25.3 Å². The van der Waals surface area contributed by atoms with Gasteiger partial charge in [0, 0.05) is 12.5 Å². The van der Waals surface area contributed by atoms with Crippen LogP contribution in [0.25, 0.3) is 0 Å². The molecule has 0 amide bonds. The van der Waals surface area contributed by atoms with E-state index in [0.29, 0.717) is 0 Å². The first-order valence-electron chi connectivity index (χ1n) is 6.03. The van der Waals surface area contributed by atoms with E-state index in [1.165, 1.54) is 11.5 Å². The van der Waals surface area contributed by atoms with Gasteiger partial charge in [0.1, 0.15) is 0 Å². The van der Waals surface area contributed by atoms with Crippen LogP contribution in [0.3, 0.4) is 0 Å². The predicted octanol–water partition coefficient (Wildman–Crippen LogP) is 2.64. The van der Waals surface area contributed by atoms with Crippen LogP contribution in [-0.4, -0.2) is 26.4 Å². The number of hydrogen-bond donors (Lipinski definition) is 1. The number of aromatic nitrogens is 4. The Bertz CT molecular complexity index is 549. The first kappa shape index (κ1) is 14.6. The van der Waals surface area contributed by atoms with Crippen molar-refractivity contribution in [2.45, 2.75) is 32.2 Å². The Kier molecular flexibility index (Phi) is 4.08. The highest BCUT2D eigenvalue weighted by atomic mass is 79.9. The maximum atomic E-state index is 4.31. The van der Waals surface area contributed by atoms with Crippen LogP contribution >= 0.6 is 27.5 Å². The molecule has 0 aliphatic rings. The summed E-state index contributed by atoms with van der Waals surface area (Å²) in [5.41, 5.74) is 2.09. The molecule has 0 spiro atoms. The van der Waals surface area contributed by atoms with E-state index < -0.39 is 0 Å². The zero-order valence-electron chi connectivity index (χ0n) is 11.7. The van der Waals surface area contributed by atoms with E-state index in [-0.39, 0.29) is 11.5 Å². The Morgan fingerprint density at radius 2 is 2.11 bits per heavy atom. The number of hydrogen-bond acceptors (Lipinski definition) is 5. The molecule has 0 bridgehead atoms. The van der Waals surface area contributed by atoms with Crippen molar-refractivity contribution < 1.29 is 0 Å². The lowest BCUT2D eigenvalue weighted by Gasteiger charge is -2.22. The van der Waals surface area contributed by atoms with Crippen molar-refractivity contribution in [3.05, 3.63) is 26.9 Å². The molecular weight excluding hydrogens is 326 g/mol. The highest BCUT2D eigenvalue weighted by Crippen LogP contribution is 2.35. The molecule has 0 aromatic carbocycles.